The first-order valence-electron chi connectivity index (χ1n) is 8.22. The van der Waals surface area contributed by atoms with Crippen LogP contribution < -0.4 is 4.90 Å². The minimum absolute atomic E-state index is 0.135. The Kier molecular flexibility index (Phi) is 4.62. The molecule has 4 rings (SSSR count). The molecule has 0 unspecified atom stereocenters. The molecule has 0 aliphatic rings. The third-order valence-electron chi connectivity index (χ3n) is 3.89. The number of rotatable bonds is 5. The van der Waals surface area contributed by atoms with E-state index in [-0.39, 0.29) is 5.91 Å². The maximum absolute atomic E-state index is 12.9. The summed E-state index contributed by atoms with van der Waals surface area (Å²) in [6.45, 7) is 0.338. The number of hydrogen-bond acceptors (Lipinski definition) is 4. The molecular weight excluding hydrogens is 344 g/mol. The molecule has 2 aromatic heterocycles. The van der Waals surface area contributed by atoms with Gasteiger partial charge in [-0.2, -0.15) is 0 Å². The van der Waals surface area contributed by atoms with Crippen molar-refractivity contribution < 1.29 is 9.21 Å². The van der Waals surface area contributed by atoms with Crippen molar-refractivity contribution in [1.82, 2.24) is 4.98 Å². The number of aromatic nitrogens is 1. The molecule has 0 spiro atoms. The lowest BCUT2D eigenvalue weighted by molar-refractivity contribution is -0.114. The van der Waals surface area contributed by atoms with Crippen LogP contribution in [0.15, 0.2) is 83.5 Å². The molecule has 0 aliphatic carbocycles. The standard InChI is InChI=1S/C21H16N2O2S/c24-20(13-12-16-7-2-1-3-8-16)23(15-17-9-6-14-25-17)21-22-18-10-4-5-11-19(18)26-21/h1-14H,15H2/b13-12+. The van der Waals surface area contributed by atoms with Gasteiger partial charge in [0.1, 0.15) is 5.76 Å². The van der Waals surface area contributed by atoms with Crippen molar-refractivity contribution in [2.24, 2.45) is 0 Å². The molecule has 0 radical (unpaired) electrons. The van der Waals surface area contributed by atoms with E-state index >= 15 is 0 Å². The first kappa shape index (κ1) is 16.3. The van der Waals surface area contributed by atoms with Gasteiger partial charge in [0.25, 0.3) is 5.91 Å². The second-order valence-electron chi connectivity index (χ2n) is 5.71. The van der Waals surface area contributed by atoms with E-state index in [0.29, 0.717) is 17.4 Å². The van der Waals surface area contributed by atoms with E-state index in [1.807, 2.05) is 72.8 Å². The Morgan fingerprint density at radius 2 is 1.85 bits per heavy atom. The number of benzene rings is 2. The normalized spacial score (nSPS) is 11.2. The SMILES string of the molecule is O=C(/C=C/c1ccccc1)N(Cc1ccco1)c1nc2ccccc2s1. The maximum atomic E-state index is 12.9. The Bertz CT molecular complexity index is 1000. The minimum Gasteiger partial charge on any atom is -0.467 e. The van der Waals surface area contributed by atoms with Gasteiger partial charge in [0.2, 0.25) is 0 Å². The summed E-state index contributed by atoms with van der Waals surface area (Å²) in [5, 5.41) is 0.658. The van der Waals surface area contributed by atoms with E-state index in [0.717, 1.165) is 15.8 Å². The molecule has 1 amide bonds. The minimum atomic E-state index is -0.135. The maximum Gasteiger partial charge on any atom is 0.253 e. The van der Waals surface area contributed by atoms with Crippen molar-refractivity contribution in [3.8, 4) is 0 Å². The molecule has 2 heterocycles. The van der Waals surface area contributed by atoms with Crippen LogP contribution >= 0.6 is 11.3 Å². The Hall–Kier alpha value is -3.18. The predicted octanol–water partition coefficient (Wildman–Crippen LogP) is 5.14. The average Bonchev–Trinajstić information content (AvgIpc) is 3.34. The lowest BCUT2D eigenvalue weighted by Crippen LogP contribution is -2.28. The van der Waals surface area contributed by atoms with Crippen LogP contribution in [0.2, 0.25) is 0 Å². The monoisotopic (exact) mass is 360 g/mol. The van der Waals surface area contributed by atoms with E-state index in [1.165, 1.54) is 11.3 Å². The van der Waals surface area contributed by atoms with Crippen LogP contribution in [-0.2, 0) is 11.3 Å². The van der Waals surface area contributed by atoms with Gasteiger partial charge in [0.15, 0.2) is 5.13 Å². The number of thiazole rings is 1. The number of hydrogen-bond donors (Lipinski definition) is 0. The fourth-order valence-corrected chi connectivity index (χ4v) is 3.57. The van der Waals surface area contributed by atoms with Crippen molar-refractivity contribution in [3.63, 3.8) is 0 Å². The highest BCUT2D eigenvalue weighted by Gasteiger charge is 2.19. The zero-order valence-electron chi connectivity index (χ0n) is 13.9. The number of nitrogens with zero attached hydrogens (tertiary/aromatic N) is 2. The molecule has 0 atom stereocenters. The zero-order valence-corrected chi connectivity index (χ0v) is 14.7. The molecule has 5 heteroatoms. The van der Waals surface area contributed by atoms with Crippen molar-refractivity contribution in [3.05, 3.63) is 90.4 Å². The van der Waals surface area contributed by atoms with Gasteiger partial charge in [-0.1, -0.05) is 53.8 Å². The molecule has 4 aromatic rings. The quantitative estimate of drug-likeness (QED) is 0.463. The molecule has 4 nitrogen and oxygen atoms in total. The number of carbonyl (C=O) groups is 1. The molecule has 0 fully saturated rings. The highest BCUT2D eigenvalue weighted by atomic mass is 32.1. The highest BCUT2D eigenvalue weighted by Crippen LogP contribution is 2.30. The lowest BCUT2D eigenvalue weighted by atomic mass is 10.2. The molecule has 0 N–H and O–H groups in total. The highest BCUT2D eigenvalue weighted by molar-refractivity contribution is 7.22. The third kappa shape index (κ3) is 3.58. The van der Waals surface area contributed by atoms with Crippen molar-refractivity contribution in [2.75, 3.05) is 4.90 Å². The molecule has 0 aliphatic heterocycles. The van der Waals surface area contributed by atoms with Gasteiger partial charge in [0.05, 0.1) is 23.0 Å². The third-order valence-corrected chi connectivity index (χ3v) is 4.95. The van der Waals surface area contributed by atoms with Gasteiger partial charge in [-0.15, -0.1) is 0 Å². The van der Waals surface area contributed by atoms with E-state index in [4.69, 9.17) is 4.42 Å². The van der Waals surface area contributed by atoms with E-state index in [9.17, 15) is 4.79 Å². The fraction of sp³-hybridized carbons (Fsp3) is 0.0476. The summed E-state index contributed by atoms with van der Waals surface area (Å²) < 4.78 is 6.48. The summed E-state index contributed by atoms with van der Waals surface area (Å²) in [5.41, 5.74) is 1.86. The molecule has 0 bridgehead atoms. The van der Waals surface area contributed by atoms with Crippen LogP contribution in [0.4, 0.5) is 5.13 Å². The Morgan fingerprint density at radius 3 is 2.62 bits per heavy atom. The van der Waals surface area contributed by atoms with Crippen LogP contribution in [0.3, 0.4) is 0 Å². The van der Waals surface area contributed by atoms with Gasteiger partial charge < -0.3 is 4.42 Å². The Labute approximate surface area is 155 Å². The summed E-state index contributed by atoms with van der Waals surface area (Å²) in [4.78, 5) is 19.1. The number of furan rings is 1. The van der Waals surface area contributed by atoms with E-state index < -0.39 is 0 Å². The number of anilines is 1. The summed E-state index contributed by atoms with van der Waals surface area (Å²) in [6, 6.07) is 21.3. The van der Waals surface area contributed by atoms with Crippen LogP contribution in [0.5, 0.6) is 0 Å². The smallest absolute Gasteiger partial charge is 0.253 e. The largest absolute Gasteiger partial charge is 0.467 e. The topological polar surface area (TPSA) is 46.3 Å². The molecule has 0 saturated carbocycles. The molecule has 26 heavy (non-hydrogen) atoms. The number of carbonyl (C=O) groups excluding carboxylic acids is 1. The second kappa shape index (κ2) is 7.37. The number of fused-ring (bicyclic) bond motifs is 1. The summed E-state index contributed by atoms with van der Waals surface area (Å²) in [7, 11) is 0. The first-order chi connectivity index (χ1) is 12.8. The van der Waals surface area contributed by atoms with E-state index in [2.05, 4.69) is 4.98 Å². The molecule has 128 valence electrons. The Balaban J connectivity index is 1.65. The van der Waals surface area contributed by atoms with Crippen LogP contribution in [-0.4, -0.2) is 10.9 Å². The van der Waals surface area contributed by atoms with Crippen molar-refractivity contribution >= 4 is 38.7 Å². The van der Waals surface area contributed by atoms with Crippen LogP contribution in [0.1, 0.15) is 11.3 Å². The Morgan fingerprint density at radius 1 is 1.04 bits per heavy atom. The lowest BCUT2D eigenvalue weighted by Gasteiger charge is -2.16. The number of amides is 1. The van der Waals surface area contributed by atoms with E-state index in [1.54, 1.807) is 17.2 Å². The fourth-order valence-electron chi connectivity index (χ4n) is 2.60. The molecule has 0 saturated heterocycles. The van der Waals surface area contributed by atoms with Gasteiger partial charge in [-0.25, -0.2) is 4.98 Å². The van der Waals surface area contributed by atoms with Crippen LogP contribution in [0, 0.1) is 0 Å². The van der Waals surface area contributed by atoms with Gasteiger partial charge >= 0.3 is 0 Å². The predicted molar refractivity (Wildman–Crippen MR) is 105 cm³/mol. The summed E-state index contributed by atoms with van der Waals surface area (Å²) in [6.07, 6.45) is 4.99. The number of para-hydroxylation sites is 1. The summed E-state index contributed by atoms with van der Waals surface area (Å²) in [5.74, 6) is 0.579. The van der Waals surface area contributed by atoms with Crippen LogP contribution in [0.25, 0.3) is 16.3 Å². The van der Waals surface area contributed by atoms with Gasteiger partial charge in [-0.3, -0.25) is 9.69 Å². The average molecular weight is 360 g/mol. The van der Waals surface area contributed by atoms with Gasteiger partial charge in [-0.05, 0) is 35.9 Å². The molecule has 2 aromatic carbocycles. The zero-order chi connectivity index (χ0) is 17.8. The first-order valence-corrected chi connectivity index (χ1v) is 9.04. The summed E-state index contributed by atoms with van der Waals surface area (Å²) >= 11 is 1.50. The van der Waals surface area contributed by atoms with Gasteiger partial charge in [0, 0.05) is 6.08 Å². The van der Waals surface area contributed by atoms with Crippen molar-refractivity contribution in [2.45, 2.75) is 6.54 Å². The molecular formula is C21H16N2O2S. The second-order valence-corrected chi connectivity index (χ2v) is 6.72. The van der Waals surface area contributed by atoms with Crippen molar-refractivity contribution in [1.29, 1.82) is 0 Å².